The highest BCUT2D eigenvalue weighted by Gasteiger charge is 2.14. The summed E-state index contributed by atoms with van der Waals surface area (Å²) in [6.07, 6.45) is 1.44. The lowest BCUT2D eigenvalue weighted by Gasteiger charge is -2.11. The van der Waals surface area contributed by atoms with E-state index < -0.39 is 9.84 Å². The third kappa shape index (κ3) is 24.2. The van der Waals surface area contributed by atoms with Gasteiger partial charge in [0.15, 0.2) is 9.84 Å². The Morgan fingerprint density at radius 1 is 0.566 bits per heavy atom. The Labute approximate surface area is 316 Å². The number of anilines is 1. The summed E-state index contributed by atoms with van der Waals surface area (Å²) in [6.45, 7) is 11.2. The minimum atomic E-state index is -3.43. The Bertz CT molecular complexity index is 1340. The molecule has 0 saturated carbocycles. The van der Waals surface area contributed by atoms with Gasteiger partial charge in [0.25, 0.3) is 0 Å². The van der Waals surface area contributed by atoms with Crippen molar-refractivity contribution >= 4 is 32.7 Å². The summed E-state index contributed by atoms with van der Waals surface area (Å²) in [5.74, 6) is 0.612. The average molecular weight is 768 g/mol. The summed E-state index contributed by atoms with van der Waals surface area (Å²) in [5.41, 5.74) is 2.35. The maximum Gasteiger partial charge on any atom is 0.178 e. The molecule has 0 spiro atoms. The molecule has 0 saturated heterocycles. The van der Waals surface area contributed by atoms with E-state index in [1.54, 1.807) is 24.3 Å². The number of hydrogen-bond donors (Lipinski definition) is 0. The van der Waals surface area contributed by atoms with E-state index in [0.717, 1.165) is 5.69 Å². The van der Waals surface area contributed by atoms with Crippen LogP contribution in [0, 0.1) is 5.92 Å². The van der Waals surface area contributed by atoms with E-state index in [1.807, 2.05) is 57.1 Å². The van der Waals surface area contributed by atoms with Gasteiger partial charge in [-0.2, -0.15) is 10.2 Å². The third-order valence-electron chi connectivity index (χ3n) is 7.31. The molecule has 0 aliphatic heterocycles. The second-order valence-corrected chi connectivity index (χ2v) is 14.7. The number of sulfone groups is 1. The van der Waals surface area contributed by atoms with E-state index in [4.69, 9.17) is 37.9 Å². The largest absolute Gasteiger partial charge is 0.379 e. The van der Waals surface area contributed by atoms with Crippen molar-refractivity contribution in [1.29, 1.82) is 0 Å². The summed E-state index contributed by atoms with van der Waals surface area (Å²) < 4.78 is 69.1. The van der Waals surface area contributed by atoms with E-state index >= 15 is 0 Å². The van der Waals surface area contributed by atoms with Crippen LogP contribution in [0.2, 0.25) is 0 Å². The second-order valence-electron chi connectivity index (χ2n) is 12.6. The number of azo groups is 1. The predicted octanol–water partition coefficient (Wildman–Crippen LogP) is 5.47. The molecule has 0 unspecified atom stereocenters. The van der Waals surface area contributed by atoms with Crippen molar-refractivity contribution < 1.29 is 51.1 Å². The Kier molecular flexibility index (Phi) is 25.8. The average Bonchev–Trinajstić information content (AvgIpc) is 3.13. The van der Waals surface area contributed by atoms with Crippen LogP contribution in [0.1, 0.15) is 33.1 Å². The van der Waals surface area contributed by atoms with Crippen molar-refractivity contribution in [3.8, 4) is 0 Å². The van der Waals surface area contributed by atoms with Crippen LogP contribution in [0.25, 0.3) is 0 Å². The van der Waals surface area contributed by atoms with Gasteiger partial charge < -0.3 is 42.8 Å². The van der Waals surface area contributed by atoms with E-state index in [1.165, 1.54) is 0 Å². The van der Waals surface area contributed by atoms with E-state index in [-0.39, 0.29) is 16.4 Å². The number of ketones is 1. The van der Waals surface area contributed by atoms with Gasteiger partial charge in [0, 0.05) is 39.2 Å². The zero-order valence-electron chi connectivity index (χ0n) is 32.1. The molecule has 2 aromatic rings. The highest BCUT2D eigenvalue weighted by Crippen LogP contribution is 2.23. The topological polar surface area (TPSA) is 153 Å². The second kappa shape index (κ2) is 29.5. The molecule has 2 aromatic carbocycles. The highest BCUT2D eigenvalue weighted by atomic mass is 32.2. The fourth-order valence-electron chi connectivity index (χ4n) is 4.51. The Balaban J connectivity index is 1.31. The van der Waals surface area contributed by atoms with Gasteiger partial charge in [-0.05, 0) is 60.9 Å². The molecular weight excluding hydrogens is 706 g/mol. The summed E-state index contributed by atoms with van der Waals surface area (Å²) >= 11 is 0. The summed E-state index contributed by atoms with van der Waals surface area (Å²) in [6, 6.07) is 14.1. The van der Waals surface area contributed by atoms with Crippen molar-refractivity contribution in [2.24, 2.45) is 16.1 Å². The molecule has 2 rings (SSSR count). The summed E-state index contributed by atoms with van der Waals surface area (Å²) in [7, 11) is 0.509. The number of ether oxygens (including phenoxy) is 8. The Morgan fingerprint density at radius 2 is 0.925 bits per heavy atom. The molecule has 14 nitrogen and oxygen atoms in total. The van der Waals surface area contributed by atoms with Crippen LogP contribution >= 0.6 is 0 Å². The van der Waals surface area contributed by atoms with Gasteiger partial charge in [-0.25, -0.2) is 8.42 Å². The van der Waals surface area contributed by atoms with Gasteiger partial charge in [-0.3, -0.25) is 4.79 Å². The van der Waals surface area contributed by atoms with E-state index in [0.29, 0.717) is 142 Å². The number of Topliss-reactive ketones (excluding diaryl/α,β-unsaturated/α-hetero) is 1. The zero-order chi connectivity index (χ0) is 38.4. The maximum absolute atomic E-state index is 12.7. The molecule has 0 atom stereocenters. The molecule has 0 aliphatic carbocycles. The van der Waals surface area contributed by atoms with Gasteiger partial charge in [-0.1, -0.05) is 13.8 Å². The Morgan fingerprint density at radius 3 is 1.30 bits per heavy atom. The fraction of sp³-hybridized carbons (Fsp3) is 0.658. The molecule has 15 heteroatoms. The number of carbonyl (C=O) groups is 1. The van der Waals surface area contributed by atoms with Gasteiger partial charge >= 0.3 is 0 Å². The SMILES string of the molecule is CC(C)CC(=O)CCOCCOCCOCCOCCOCCOCCOCCOCCCS(=O)(=O)c1ccc(N=Nc2ccc(N(C)C)cc2)cc1. The number of nitrogens with zero attached hydrogens (tertiary/aromatic N) is 3. The lowest BCUT2D eigenvalue weighted by molar-refractivity contribution is -0.121. The first-order valence-corrected chi connectivity index (χ1v) is 20.0. The fourth-order valence-corrected chi connectivity index (χ4v) is 5.79. The first-order valence-electron chi connectivity index (χ1n) is 18.3. The van der Waals surface area contributed by atoms with Crippen LogP contribution < -0.4 is 4.90 Å². The lowest BCUT2D eigenvalue weighted by Crippen LogP contribution is -2.15. The molecule has 0 aliphatic rings. The van der Waals surface area contributed by atoms with Gasteiger partial charge in [-0.15, -0.1) is 0 Å². The van der Waals surface area contributed by atoms with Crippen LogP contribution in [0.15, 0.2) is 63.7 Å². The van der Waals surface area contributed by atoms with E-state index in [9.17, 15) is 13.2 Å². The molecule has 0 aromatic heterocycles. The maximum atomic E-state index is 12.7. The molecule has 53 heavy (non-hydrogen) atoms. The monoisotopic (exact) mass is 767 g/mol. The van der Waals surface area contributed by atoms with Crippen molar-refractivity contribution in [1.82, 2.24) is 0 Å². The van der Waals surface area contributed by atoms with Gasteiger partial charge in [0.2, 0.25) is 0 Å². The molecule has 0 amide bonds. The molecule has 0 radical (unpaired) electrons. The van der Waals surface area contributed by atoms with Crippen molar-refractivity contribution in [2.45, 2.75) is 38.0 Å². The third-order valence-corrected chi connectivity index (χ3v) is 9.13. The van der Waals surface area contributed by atoms with Crippen LogP contribution in [0.3, 0.4) is 0 Å². The van der Waals surface area contributed by atoms with Crippen molar-refractivity contribution in [3.05, 3.63) is 48.5 Å². The Hall–Kier alpha value is -2.86. The summed E-state index contributed by atoms with van der Waals surface area (Å²) in [5, 5.41) is 8.42. The number of benzene rings is 2. The smallest absolute Gasteiger partial charge is 0.178 e. The standard InChI is InChI=1S/C38H61N3O11S/c1-33(2)32-37(42)14-16-46-18-20-48-22-24-50-26-28-52-30-29-51-27-25-49-23-21-47-19-17-45-15-5-31-53(43,44)38-12-8-35(9-13-38)40-39-34-6-10-36(11-7-34)41(3)4/h6-13,33H,5,14-32H2,1-4H3. The van der Waals surface area contributed by atoms with Gasteiger partial charge in [0.05, 0.1) is 121 Å². The van der Waals surface area contributed by atoms with Crippen molar-refractivity contribution in [2.75, 3.05) is 130 Å². The number of carbonyl (C=O) groups excluding carboxylic acids is 1. The minimum Gasteiger partial charge on any atom is -0.379 e. The predicted molar refractivity (Wildman–Crippen MR) is 204 cm³/mol. The molecule has 0 fully saturated rings. The first kappa shape index (κ1) is 46.3. The van der Waals surface area contributed by atoms with Crippen molar-refractivity contribution in [3.63, 3.8) is 0 Å². The first-order chi connectivity index (χ1) is 25.7. The molecule has 300 valence electrons. The number of hydrogen-bond acceptors (Lipinski definition) is 14. The number of rotatable bonds is 34. The van der Waals surface area contributed by atoms with E-state index in [2.05, 4.69) is 10.2 Å². The van der Waals surface area contributed by atoms with Crippen LogP contribution in [-0.2, 0) is 52.5 Å². The minimum absolute atomic E-state index is 0.0116. The molecule has 0 heterocycles. The lowest BCUT2D eigenvalue weighted by atomic mass is 10.1. The van der Waals surface area contributed by atoms with Crippen LogP contribution in [0.5, 0.6) is 0 Å². The molecule has 0 N–H and O–H groups in total. The molecule has 0 bridgehead atoms. The van der Waals surface area contributed by atoms with Crippen LogP contribution in [0.4, 0.5) is 17.1 Å². The normalized spacial score (nSPS) is 11.9. The summed E-state index contributed by atoms with van der Waals surface area (Å²) in [4.78, 5) is 13.8. The van der Waals surface area contributed by atoms with Crippen LogP contribution in [-0.4, -0.2) is 140 Å². The highest BCUT2D eigenvalue weighted by molar-refractivity contribution is 7.91. The zero-order valence-corrected chi connectivity index (χ0v) is 32.9. The quantitative estimate of drug-likeness (QED) is 0.0656. The molecular formula is C38H61N3O11S. The van der Waals surface area contributed by atoms with Gasteiger partial charge in [0.1, 0.15) is 5.78 Å².